The van der Waals surface area contributed by atoms with Crippen LogP contribution in [-0.2, 0) is 11.2 Å². The van der Waals surface area contributed by atoms with Gasteiger partial charge in [-0.3, -0.25) is 14.4 Å². The van der Waals surface area contributed by atoms with Crippen LogP contribution in [0.2, 0.25) is 0 Å². The molecule has 2 heterocycles. The van der Waals surface area contributed by atoms with E-state index in [0.29, 0.717) is 37.4 Å². The lowest BCUT2D eigenvalue weighted by Crippen LogP contribution is -2.51. The molecule has 0 aliphatic carbocycles. The number of carbonyl (C=O) groups excluding carboxylic acids is 3. The number of para-hydroxylation sites is 2. The molecular weight excluding hydrogens is 458 g/mol. The van der Waals surface area contributed by atoms with Crippen molar-refractivity contribution < 1.29 is 23.9 Å². The van der Waals surface area contributed by atoms with E-state index in [-0.39, 0.29) is 41.2 Å². The minimum absolute atomic E-state index is 0.0243. The van der Waals surface area contributed by atoms with Crippen LogP contribution in [0.1, 0.15) is 26.5 Å². The minimum atomic E-state index is -0.341. The van der Waals surface area contributed by atoms with Crippen molar-refractivity contribution in [2.45, 2.75) is 6.42 Å². The first-order valence-corrected chi connectivity index (χ1v) is 11.7. The van der Waals surface area contributed by atoms with Crippen LogP contribution in [0, 0.1) is 0 Å². The summed E-state index contributed by atoms with van der Waals surface area (Å²) >= 11 is 0. The number of phenols is 1. The number of fused-ring (bicyclic) bond motifs is 1. The standard InChI is InChI=1S/C28H25N3O5/c32-23-7-3-2-6-22(23)28(35)31-15-13-30(14-16-31)26(33)17-19-9-11-21(12-10-19)29-27(34)25-18-20-5-1-4-8-24(20)36-25/h1-12,18,32H,13-17H2,(H,29,34). The number of phenolic OH excluding ortho intramolecular Hbond substituents is 1. The van der Waals surface area contributed by atoms with E-state index in [1.807, 2.05) is 36.4 Å². The van der Waals surface area contributed by atoms with Crippen LogP contribution >= 0.6 is 0 Å². The molecule has 1 aromatic heterocycles. The SMILES string of the molecule is O=C(Nc1ccc(CC(=O)N2CCN(C(=O)c3ccccc3O)CC2)cc1)c1cc2ccccc2o1. The van der Waals surface area contributed by atoms with Crippen LogP contribution in [0.15, 0.2) is 83.3 Å². The van der Waals surface area contributed by atoms with Gasteiger partial charge in [0.2, 0.25) is 5.91 Å². The average Bonchev–Trinajstić information content (AvgIpc) is 3.34. The largest absolute Gasteiger partial charge is 0.507 e. The van der Waals surface area contributed by atoms with Crippen LogP contribution in [0.5, 0.6) is 5.75 Å². The van der Waals surface area contributed by atoms with Gasteiger partial charge in [0.25, 0.3) is 11.8 Å². The van der Waals surface area contributed by atoms with Gasteiger partial charge in [-0.2, -0.15) is 0 Å². The molecule has 36 heavy (non-hydrogen) atoms. The van der Waals surface area contributed by atoms with Gasteiger partial charge in [0, 0.05) is 37.3 Å². The first kappa shape index (κ1) is 23.2. The highest BCUT2D eigenvalue weighted by molar-refractivity contribution is 6.04. The quantitative estimate of drug-likeness (QED) is 0.448. The number of carbonyl (C=O) groups is 3. The second-order valence-corrected chi connectivity index (χ2v) is 8.67. The Morgan fingerprint density at radius 1 is 0.833 bits per heavy atom. The second-order valence-electron chi connectivity index (χ2n) is 8.67. The predicted molar refractivity (Wildman–Crippen MR) is 135 cm³/mol. The summed E-state index contributed by atoms with van der Waals surface area (Å²) in [5.41, 5.74) is 2.35. The maximum Gasteiger partial charge on any atom is 0.291 e. The van der Waals surface area contributed by atoms with E-state index in [1.54, 1.807) is 46.2 Å². The van der Waals surface area contributed by atoms with E-state index in [9.17, 15) is 19.5 Å². The molecule has 182 valence electrons. The summed E-state index contributed by atoms with van der Waals surface area (Å²) in [6.07, 6.45) is 0.227. The van der Waals surface area contributed by atoms with Gasteiger partial charge in [-0.25, -0.2) is 0 Å². The molecule has 5 rings (SSSR count). The number of nitrogens with zero attached hydrogens (tertiary/aromatic N) is 2. The van der Waals surface area contributed by atoms with Gasteiger partial charge in [0.1, 0.15) is 11.3 Å². The zero-order chi connectivity index (χ0) is 25.1. The highest BCUT2D eigenvalue weighted by Gasteiger charge is 2.26. The summed E-state index contributed by atoms with van der Waals surface area (Å²) in [6, 6.07) is 22.7. The number of nitrogens with one attached hydrogen (secondary N) is 1. The third-order valence-electron chi connectivity index (χ3n) is 6.27. The summed E-state index contributed by atoms with van der Waals surface area (Å²) in [4.78, 5) is 41.4. The van der Waals surface area contributed by atoms with Crippen molar-refractivity contribution in [1.29, 1.82) is 0 Å². The van der Waals surface area contributed by atoms with E-state index < -0.39 is 0 Å². The fourth-order valence-electron chi connectivity index (χ4n) is 4.26. The number of anilines is 1. The summed E-state index contributed by atoms with van der Waals surface area (Å²) in [5.74, 6) is -0.413. The molecule has 4 aromatic rings. The molecule has 1 aliphatic heterocycles. The lowest BCUT2D eigenvalue weighted by molar-refractivity contribution is -0.131. The lowest BCUT2D eigenvalue weighted by Gasteiger charge is -2.35. The molecule has 2 N–H and O–H groups in total. The second kappa shape index (κ2) is 9.95. The molecule has 8 heteroatoms. The molecule has 3 aromatic carbocycles. The van der Waals surface area contributed by atoms with E-state index in [4.69, 9.17) is 4.42 Å². The van der Waals surface area contributed by atoms with Crippen molar-refractivity contribution in [2.75, 3.05) is 31.5 Å². The van der Waals surface area contributed by atoms with Gasteiger partial charge in [0.05, 0.1) is 12.0 Å². The first-order valence-electron chi connectivity index (χ1n) is 11.7. The fourth-order valence-corrected chi connectivity index (χ4v) is 4.26. The molecule has 8 nitrogen and oxygen atoms in total. The van der Waals surface area contributed by atoms with Gasteiger partial charge in [-0.15, -0.1) is 0 Å². The summed E-state index contributed by atoms with van der Waals surface area (Å²) in [5, 5.41) is 13.6. The zero-order valence-electron chi connectivity index (χ0n) is 19.5. The Morgan fingerprint density at radius 3 is 2.22 bits per heavy atom. The van der Waals surface area contributed by atoms with Gasteiger partial charge in [0.15, 0.2) is 5.76 Å². The Hall–Kier alpha value is -4.59. The summed E-state index contributed by atoms with van der Waals surface area (Å²) in [6.45, 7) is 1.69. The van der Waals surface area contributed by atoms with E-state index in [1.165, 1.54) is 6.07 Å². The topological polar surface area (TPSA) is 103 Å². The Morgan fingerprint density at radius 2 is 1.50 bits per heavy atom. The maximum atomic E-state index is 12.8. The van der Waals surface area contributed by atoms with Crippen LogP contribution in [-0.4, -0.2) is 58.8 Å². The van der Waals surface area contributed by atoms with Crippen LogP contribution in [0.4, 0.5) is 5.69 Å². The molecule has 0 unspecified atom stereocenters. The lowest BCUT2D eigenvalue weighted by atomic mass is 10.1. The Balaban J connectivity index is 1.13. The van der Waals surface area contributed by atoms with Crippen LogP contribution < -0.4 is 5.32 Å². The molecule has 3 amide bonds. The third-order valence-corrected chi connectivity index (χ3v) is 6.27. The number of aromatic hydroxyl groups is 1. The summed E-state index contributed by atoms with van der Waals surface area (Å²) in [7, 11) is 0. The smallest absolute Gasteiger partial charge is 0.291 e. The molecule has 1 fully saturated rings. The average molecular weight is 484 g/mol. The molecule has 0 spiro atoms. The fraction of sp³-hybridized carbons (Fsp3) is 0.179. The number of hydrogen-bond acceptors (Lipinski definition) is 5. The van der Waals surface area contributed by atoms with Gasteiger partial charge >= 0.3 is 0 Å². The van der Waals surface area contributed by atoms with Crippen LogP contribution in [0.25, 0.3) is 11.0 Å². The Kier molecular flexibility index (Phi) is 6.40. The first-order chi connectivity index (χ1) is 17.5. The zero-order valence-corrected chi connectivity index (χ0v) is 19.5. The molecule has 0 bridgehead atoms. The molecule has 0 radical (unpaired) electrons. The van der Waals surface area contributed by atoms with Crippen molar-refractivity contribution in [3.8, 4) is 5.75 Å². The number of hydrogen-bond donors (Lipinski definition) is 2. The van der Waals surface area contributed by atoms with E-state index in [2.05, 4.69) is 5.32 Å². The highest BCUT2D eigenvalue weighted by Crippen LogP contribution is 2.21. The van der Waals surface area contributed by atoms with Crippen molar-refractivity contribution in [1.82, 2.24) is 9.80 Å². The van der Waals surface area contributed by atoms with Gasteiger partial charge in [-0.05, 0) is 42.0 Å². The van der Waals surface area contributed by atoms with Gasteiger partial charge in [-0.1, -0.05) is 42.5 Å². The molecule has 0 saturated carbocycles. The molecular formula is C28H25N3O5. The minimum Gasteiger partial charge on any atom is -0.507 e. The van der Waals surface area contributed by atoms with Crippen molar-refractivity contribution in [3.05, 3.63) is 95.7 Å². The van der Waals surface area contributed by atoms with Crippen molar-refractivity contribution in [2.24, 2.45) is 0 Å². The van der Waals surface area contributed by atoms with Crippen LogP contribution in [0.3, 0.4) is 0 Å². The monoisotopic (exact) mass is 483 g/mol. The van der Waals surface area contributed by atoms with E-state index >= 15 is 0 Å². The Labute approximate surface area is 207 Å². The van der Waals surface area contributed by atoms with Crippen molar-refractivity contribution >= 4 is 34.4 Å². The van der Waals surface area contributed by atoms with Crippen molar-refractivity contribution in [3.63, 3.8) is 0 Å². The van der Waals surface area contributed by atoms with Gasteiger partial charge < -0.3 is 24.6 Å². The normalized spacial score (nSPS) is 13.6. The number of amides is 3. The molecule has 1 saturated heterocycles. The highest BCUT2D eigenvalue weighted by atomic mass is 16.3. The third kappa shape index (κ3) is 4.93. The predicted octanol–water partition coefficient (Wildman–Crippen LogP) is 3.92. The molecule has 1 aliphatic rings. The summed E-state index contributed by atoms with van der Waals surface area (Å²) < 4.78 is 5.60. The number of furan rings is 1. The number of piperazine rings is 1. The maximum absolute atomic E-state index is 12.8. The number of benzene rings is 3. The van der Waals surface area contributed by atoms with E-state index in [0.717, 1.165) is 10.9 Å². The number of rotatable bonds is 5. The Bertz CT molecular complexity index is 1390. The molecule has 0 atom stereocenters.